The maximum absolute atomic E-state index is 6.09. The zero-order valence-corrected chi connectivity index (χ0v) is 15.0. The van der Waals surface area contributed by atoms with Crippen molar-refractivity contribution in [3.05, 3.63) is 49.0 Å². The quantitative estimate of drug-likeness (QED) is 0.785. The molecule has 0 spiro atoms. The van der Waals surface area contributed by atoms with E-state index in [1.165, 1.54) is 29.0 Å². The molecule has 2 nitrogen and oxygen atoms in total. The highest BCUT2D eigenvalue weighted by molar-refractivity contribution is 9.13. The maximum Gasteiger partial charge on any atom is 0.0844 e. The van der Waals surface area contributed by atoms with Crippen LogP contribution in [0.5, 0.6) is 0 Å². The molecule has 1 unspecified atom stereocenters. The first-order valence-electron chi connectivity index (χ1n) is 6.70. The second kappa shape index (κ2) is 6.18. The Balaban J connectivity index is 1.98. The SMILES string of the molecule is NCC(c1cc(Br)c(Br)s1)N1CCCc2ccccc21. The summed E-state index contributed by atoms with van der Waals surface area (Å²) in [6, 6.07) is 11.1. The van der Waals surface area contributed by atoms with Crippen LogP contribution in [0.3, 0.4) is 0 Å². The van der Waals surface area contributed by atoms with Gasteiger partial charge in [-0.25, -0.2) is 0 Å². The first kappa shape index (κ1) is 14.6. The molecule has 2 N–H and O–H groups in total. The van der Waals surface area contributed by atoms with Gasteiger partial charge in [-0.1, -0.05) is 18.2 Å². The topological polar surface area (TPSA) is 29.3 Å². The molecule has 0 fully saturated rings. The molecule has 3 rings (SSSR count). The van der Waals surface area contributed by atoms with Crippen LogP contribution >= 0.6 is 43.2 Å². The summed E-state index contributed by atoms with van der Waals surface area (Å²) in [6.45, 7) is 1.71. The standard InChI is InChI=1S/C15H16Br2N2S/c16-11-8-14(20-15(11)17)13(9-18)19-7-3-5-10-4-1-2-6-12(10)19/h1-2,4,6,8,13H,3,5,7,9,18H2. The molecule has 0 saturated carbocycles. The molecule has 20 heavy (non-hydrogen) atoms. The van der Waals surface area contributed by atoms with Gasteiger partial charge in [-0.05, 0) is 62.4 Å². The Morgan fingerprint density at radius 3 is 2.80 bits per heavy atom. The van der Waals surface area contributed by atoms with Gasteiger partial charge in [-0.2, -0.15) is 0 Å². The van der Waals surface area contributed by atoms with E-state index in [4.69, 9.17) is 5.73 Å². The number of hydrogen-bond donors (Lipinski definition) is 1. The van der Waals surface area contributed by atoms with E-state index in [0.29, 0.717) is 6.54 Å². The number of benzene rings is 1. The predicted octanol–water partition coefficient (Wildman–Crippen LogP) is 4.73. The van der Waals surface area contributed by atoms with Gasteiger partial charge >= 0.3 is 0 Å². The van der Waals surface area contributed by atoms with Crippen LogP contribution in [0, 0.1) is 0 Å². The molecule has 1 atom stereocenters. The molecule has 0 aliphatic carbocycles. The Hall–Kier alpha value is -0.360. The molecule has 1 aliphatic heterocycles. The van der Waals surface area contributed by atoms with Gasteiger partial charge in [0.2, 0.25) is 0 Å². The number of hydrogen-bond acceptors (Lipinski definition) is 3. The highest BCUT2D eigenvalue weighted by Gasteiger charge is 2.26. The number of nitrogens with two attached hydrogens (primary N) is 1. The molecule has 5 heteroatoms. The van der Waals surface area contributed by atoms with Gasteiger partial charge < -0.3 is 10.6 Å². The van der Waals surface area contributed by atoms with E-state index in [1.807, 2.05) is 0 Å². The van der Waals surface area contributed by atoms with Gasteiger partial charge in [0.05, 0.1) is 9.83 Å². The minimum Gasteiger partial charge on any atom is -0.362 e. The van der Waals surface area contributed by atoms with Crippen molar-refractivity contribution in [1.82, 2.24) is 0 Å². The summed E-state index contributed by atoms with van der Waals surface area (Å²) in [6.07, 6.45) is 2.36. The summed E-state index contributed by atoms with van der Waals surface area (Å²) in [5.74, 6) is 0. The fourth-order valence-corrected chi connectivity index (χ4v) is 5.03. The van der Waals surface area contributed by atoms with Gasteiger partial charge in [0.1, 0.15) is 0 Å². The van der Waals surface area contributed by atoms with Crippen molar-refractivity contribution in [3.63, 3.8) is 0 Å². The highest BCUT2D eigenvalue weighted by atomic mass is 79.9. The van der Waals surface area contributed by atoms with Crippen LogP contribution in [0.4, 0.5) is 5.69 Å². The van der Waals surface area contributed by atoms with Crippen LogP contribution in [0.2, 0.25) is 0 Å². The first-order valence-corrected chi connectivity index (χ1v) is 9.10. The fraction of sp³-hybridized carbons (Fsp3) is 0.333. The van der Waals surface area contributed by atoms with Crippen molar-refractivity contribution >= 4 is 48.9 Å². The minimum absolute atomic E-state index is 0.254. The molecular formula is C15H16Br2N2S. The van der Waals surface area contributed by atoms with Gasteiger partial charge in [0, 0.05) is 28.1 Å². The fourth-order valence-electron chi connectivity index (χ4n) is 2.81. The summed E-state index contributed by atoms with van der Waals surface area (Å²) in [5.41, 5.74) is 8.87. The Kier molecular flexibility index (Phi) is 4.50. The Morgan fingerprint density at radius 2 is 2.10 bits per heavy atom. The second-order valence-corrected chi connectivity index (χ2v) is 8.20. The lowest BCUT2D eigenvalue weighted by molar-refractivity contribution is 0.594. The molecular weight excluding hydrogens is 400 g/mol. The van der Waals surface area contributed by atoms with Gasteiger partial charge in [-0.3, -0.25) is 0 Å². The monoisotopic (exact) mass is 414 g/mol. The lowest BCUT2D eigenvalue weighted by Crippen LogP contribution is -2.37. The largest absolute Gasteiger partial charge is 0.362 e. The summed E-state index contributed by atoms with van der Waals surface area (Å²) in [7, 11) is 0. The zero-order chi connectivity index (χ0) is 14.1. The predicted molar refractivity (Wildman–Crippen MR) is 93.6 cm³/mol. The molecule has 0 bridgehead atoms. The number of nitrogens with zero attached hydrogens (tertiary/aromatic N) is 1. The van der Waals surface area contributed by atoms with Crippen LogP contribution in [0.25, 0.3) is 0 Å². The first-order chi connectivity index (χ1) is 9.70. The molecule has 106 valence electrons. The Morgan fingerprint density at radius 1 is 1.30 bits per heavy atom. The van der Waals surface area contributed by atoms with E-state index in [-0.39, 0.29) is 6.04 Å². The van der Waals surface area contributed by atoms with Crippen molar-refractivity contribution in [2.45, 2.75) is 18.9 Å². The van der Waals surface area contributed by atoms with Crippen molar-refractivity contribution in [1.29, 1.82) is 0 Å². The number of thiophene rings is 1. The zero-order valence-electron chi connectivity index (χ0n) is 11.0. The number of para-hydroxylation sites is 1. The summed E-state index contributed by atoms with van der Waals surface area (Å²) < 4.78 is 2.25. The summed E-state index contributed by atoms with van der Waals surface area (Å²) >= 11 is 8.92. The van der Waals surface area contributed by atoms with E-state index < -0.39 is 0 Å². The summed E-state index contributed by atoms with van der Waals surface area (Å²) in [5, 5.41) is 0. The molecule has 0 saturated heterocycles. The minimum atomic E-state index is 0.254. The summed E-state index contributed by atoms with van der Waals surface area (Å²) in [4.78, 5) is 3.77. The molecule has 1 aliphatic rings. The van der Waals surface area contributed by atoms with E-state index in [1.54, 1.807) is 11.3 Å². The number of rotatable bonds is 3. The molecule has 2 aromatic rings. The third kappa shape index (κ3) is 2.69. The smallest absolute Gasteiger partial charge is 0.0844 e. The van der Waals surface area contributed by atoms with Crippen molar-refractivity contribution in [2.24, 2.45) is 5.73 Å². The lowest BCUT2D eigenvalue weighted by atomic mass is 9.99. The van der Waals surface area contributed by atoms with Crippen LogP contribution in [-0.2, 0) is 6.42 Å². The average molecular weight is 416 g/mol. The van der Waals surface area contributed by atoms with Gasteiger partial charge in [-0.15, -0.1) is 11.3 Å². The molecule has 1 aromatic heterocycles. The van der Waals surface area contributed by atoms with Crippen molar-refractivity contribution < 1.29 is 0 Å². The van der Waals surface area contributed by atoms with Crippen LogP contribution in [-0.4, -0.2) is 13.1 Å². The second-order valence-electron chi connectivity index (χ2n) is 4.95. The van der Waals surface area contributed by atoms with E-state index in [2.05, 4.69) is 67.1 Å². The van der Waals surface area contributed by atoms with Crippen molar-refractivity contribution in [2.75, 3.05) is 18.0 Å². The van der Waals surface area contributed by atoms with Crippen molar-refractivity contribution in [3.8, 4) is 0 Å². The van der Waals surface area contributed by atoms with E-state index in [9.17, 15) is 0 Å². The number of anilines is 1. The number of halogens is 2. The number of aryl methyl sites for hydroxylation is 1. The number of fused-ring (bicyclic) bond motifs is 1. The molecule has 1 aromatic carbocycles. The third-order valence-corrected chi connectivity index (χ3v) is 7.10. The highest BCUT2D eigenvalue weighted by Crippen LogP contribution is 2.40. The molecule has 0 radical (unpaired) electrons. The lowest BCUT2D eigenvalue weighted by Gasteiger charge is -2.37. The van der Waals surface area contributed by atoms with E-state index >= 15 is 0 Å². The normalized spacial score (nSPS) is 16.1. The van der Waals surface area contributed by atoms with Gasteiger partial charge in [0.25, 0.3) is 0 Å². The Labute approximate surface area is 140 Å². The molecule has 0 amide bonds. The van der Waals surface area contributed by atoms with Crippen LogP contribution in [0.1, 0.15) is 22.9 Å². The van der Waals surface area contributed by atoms with Crippen LogP contribution < -0.4 is 10.6 Å². The van der Waals surface area contributed by atoms with Crippen LogP contribution in [0.15, 0.2) is 38.6 Å². The average Bonchev–Trinajstić information content (AvgIpc) is 2.79. The maximum atomic E-state index is 6.09. The van der Waals surface area contributed by atoms with Gasteiger partial charge in [0.15, 0.2) is 0 Å². The molecule has 2 heterocycles. The third-order valence-electron chi connectivity index (χ3n) is 3.74. The Bertz CT molecular complexity index is 592. The van der Waals surface area contributed by atoms with E-state index in [0.717, 1.165) is 14.8 Å².